The fourth-order valence-electron chi connectivity index (χ4n) is 3.05. The van der Waals surface area contributed by atoms with Crippen molar-refractivity contribution < 1.29 is 14.5 Å². The molecule has 10 heteroatoms. The first-order valence-corrected chi connectivity index (χ1v) is 9.77. The lowest BCUT2D eigenvalue weighted by Crippen LogP contribution is -2.42. The topological polar surface area (TPSA) is 136 Å². The van der Waals surface area contributed by atoms with Crippen molar-refractivity contribution in [3.8, 4) is 0 Å². The highest BCUT2D eigenvalue weighted by atomic mass is 16.6. The minimum absolute atomic E-state index is 0.00991. The van der Waals surface area contributed by atoms with Crippen LogP contribution in [0.3, 0.4) is 0 Å². The minimum atomic E-state index is -0.685. The van der Waals surface area contributed by atoms with Gasteiger partial charge in [-0.15, -0.1) is 0 Å². The van der Waals surface area contributed by atoms with E-state index in [9.17, 15) is 24.5 Å². The van der Waals surface area contributed by atoms with E-state index in [1.54, 1.807) is 24.3 Å². The number of benzene rings is 2. The van der Waals surface area contributed by atoms with Crippen LogP contribution in [-0.2, 0) is 6.54 Å². The second kappa shape index (κ2) is 9.61. The molecule has 0 atom stereocenters. The summed E-state index contributed by atoms with van der Waals surface area (Å²) in [5, 5.41) is 15.7. The van der Waals surface area contributed by atoms with Crippen LogP contribution >= 0.6 is 0 Å². The summed E-state index contributed by atoms with van der Waals surface area (Å²) in [5.74, 6) is -1.33. The Labute approximate surface area is 177 Å². The first kappa shape index (κ1) is 21.6. The van der Waals surface area contributed by atoms with Gasteiger partial charge in [0.05, 0.1) is 10.3 Å². The number of nitro groups is 1. The standard InChI is InChI=1S/C21H21N5O5/c1-2-3-6-13-25-21(29)17-8-5-4-7-16(17)18(24-25)20(28)23-22-19(27)14-9-11-15(12-10-14)26(30)31/h4-5,7-12H,2-3,6,13H2,1H3,(H,22,27)(H,23,28). The first-order chi connectivity index (χ1) is 14.9. The number of rotatable bonds is 7. The Kier molecular flexibility index (Phi) is 6.71. The molecule has 2 N–H and O–H groups in total. The molecule has 2 aromatic carbocycles. The van der Waals surface area contributed by atoms with E-state index in [1.807, 2.05) is 6.92 Å². The molecule has 2 amide bonds. The molecule has 3 aromatic rings. The molecule has 1 heterocycles. The van der Waals surface area contributed by atoms with Crippen molar-refractivity contribution in [1.82, 2.24) is 20.6 Å². The lowest BCUT2D eigenvalue weighted by atomic mass is 10.1. The summed E-state index contributed by atoms with van der Waals surface area (Å²) in [4.78, 5) is 47.8. The molecule has 0 bridgehead atoms. The molecule has 10 nitrogen and oxygen atoms in total. The van der Waals surface area contributed by atoms with Crippen molar-refractivity contribution in [1.29, 1.82) is 0 Å². The fraction of sp³-hybridized carbons (Fsp3) is 0.238. The second-order valence-electron chi connectivity index (χ2n) is 6.84. The largest absolute Gasteiger partial charge is 0.290 e. The predicted molar refractivity (Wildman–Crippen MR) is 114 cm³/mol. The molecule has 0 aliphatic rings. The number of non-ortho nitro benzene ring substituents is 1. The average molecular weight is 423 g/mol. The maximum absolute atomic E-state index is 12.7. The van der Waals surface area contributed by atoms with E-state index in [2.05, 4.69) is 16.0 Å². The SMILES string of the molecule is CCCCCn1nc(C(=O)NNC(=O)c2ccc([N+](=O)[O-])cc2)c2ccccc2c1=O. The van der Waals surface area contributed by atoms with Crippen LogP contribution in [0.25, 0.3) is 10.8 Å². The molecule has 0 unspecified atom stereocenters. The third-order valence-electron chi connectivity index (χ3n) is 4.69. The zero-order valence-electron chi connectivity index (χ0n) is 16.8. The van der Waals surface area contributed by atoms with Gasteiger partial charge in [0.25, 0.3) is 23.1 Å². The molecule has 31 heavy (non-hydrogen) atoms. The molecule has 0 fully saturated rings. The van der Waals surface area contributed by atoms with E-state index < -0.39 is 16.7 Å². The number of nitro benzene ring substituents is 1. The van der Waals surface area contributed by atoms with Gasteiger partial charge in [0.1, 0.15) is 0 Å². The van der Waals surface area contributed by atoms with Gasteiger partial charge >= 0.3 is 0 Å². The van der Waals surface area contributed by atoms with Crippen LogP contribution in [0.15, 0.2) is 53.3 Å². The Balaban J connectivity index is 1.81. The number of carbonyl (C=O) groups excluding carboxylic acids is 2. The van der Waals surface area contributed by atoms with Crippen molar-refractivity contribution in [2.75, 3.05) is 0 Å². The zero-order valence-corrected chi connectivity index (χ0v) is 16.8. The Morgan fingerprint density at radius 3 is 2.29 bits per heavy atom. The minimum Gasteiger partial charge on any atom is -0.267 e. The number of nitrogens with one attached hydrogen (secondary N) is 2. The number of aryl methyl sites for hydroxylation is 1. The quantitative estimate of drug-likeness (QED) is 0.340. The molecule has 0 radical (unpaired) electrons. The molecular formula is C21H21N5O5. The lowest BCUT2D eigenvalue weighted by molar-refractivity contribution is -0.384. The summed E-state index contributed by atoms with van der Waals surface area (Å²) in [6.07, 6.45) is 2.65. The maximum atomic E-state index is 12.7. The van der Waals surface area contributed by atoms with E-state index in [0.29, 0.717) is 17.3 Å². The van der Waals surface area contributed by atoms with Gasteiger partial charge in [-0.3, -0.25) is 35.3 Å². The summed E-state index contributed by atoms with van der Waals surface area (Å²) in [6.45, 7) is 2.43. The monoisotopic (exact) mass is 423 g/mol. The lowest BCUT2D eigenvalue weighted by Gasteiger charge is -2.12. The van der Waals surface area contributed by atoms with E-state index in [-0.39, 0.29) is 22.5 Å². The number of hydrogen-bond donors (Lipinski definition) is 2. The summed E-state index contributed by atoms with van der Waals surface area (Å²) in [6, 6.07) is 11.6. The van der Waals surface area contributed by atoms with Gasteiger partial charge < -0.3 is 0 Å². The highest BCUT2D eigenvalue weighted by Gasteiger charge is 2.18. The summed E-state index contributed by atoms with van der Waals surface area (Å²) in [7, 11) is 0. The third-order valence-corrected chi connectivity index (χ3v) is 4.69. The van der Waals surface area contributed by atoms with E-state index in [0.717, 1.165) is 19.3 Å². The van der Waals surface area contributed by atoms with Crippen LogP contribution in [0.5, 0.6) is 0 Å². The van der Waals surface area contributed by atoms with Gasteiger partial charge in [-0.1, -0.05) is 38.0 Å². The normalized spacial score (nSPS) is 10.6. The highest BCUT2D eigenvalue weighted by molar-refractivity contribution is 6.06. The first-order valence-electron chi connectivity index (χ1n) is 9.77. The van der Waals surface area contributed by atoms with Crippen LogP contribution < -0.4 is 16.4 Å². The van der Waals surface area contributed by atoms with Crippen LogP contribution in [0.1, 0.15) is 47.0 Å². The number of amides is 2. The molecule has 3 rings (SSSR count). The molecule has 160 valence electrons. The Morgan fingerprint density at radius 1 is 1.00 bits per heavy atom. The molecule has 0 saturated heterocycles. The van der Waals surface area contributed by atoms with Crippen LogP contribution in [0.2, 0.25) is 0 Å². The van der Waals surface area contributed by atoms with E-state index >= 15 is 0 Å². The molecule has 1 aromatic heterocycles. The zero-order chi connectivity index (χ0) is 22.4. The maximum Gasteiger partial charge on any atom is 0.290 e. The van der Waals surface area contributed by atoms with Gasteiger partial charge in [0.2, 0.25) is 0 Å². The van der Waals surface area contributed by atoms with Gasteiger partial charge in [0, 0.05) is 29.6 Å². The van der Waals surface area contributed by atoms with Crippen LogP contribution in [0, 0.1) is 10.1 Å². The number of fused-ring (bicyclic) bond motifs is 1. The smallest absolute Gasteiger partial charge is 0.267 e. The Morgan fingerprint density at radius 2 is 1.65 bits per heavy atom. The average Bonchev–Trinajstić information content (AvgIpc) is 2.79. The number of nitrogens with zero attached hydrogens (tertiary/aromatic N) is 3. The Hall–Kier alpha value is -4.08. The van der Waals surface area contributed by atoms with E-state index in [1.165, 1.54) is 28.9 Å². The van der Waals surface area contributed by atoms with Crippen molar-refractivity contribution in [2.24, 2.45) is 0 Å². The highest BCUT2D eigenvalue weighted by Crippen LogP contribution is 2.14. The van der Waals surface area contributed by atoms with Gasteiger partial charge in [0.15, 0.2) is 5.69 Å². The molecule has 0 spiro atoms. The number of hydrazine groups is 1. The molecular weight excluding hydrogens is 402 g/mol. The van der Waals surface area contributed by atoms with Crippen molar-refractivity contribution >= 4 is 28.3 Å². The van der Waals surface area contributed by atoms with E-state index in [4.69, 9.17) is 0 Å². The number of unbranched alkanes of at least 4 members (excludes halogenated alkanes) is 2. The summed E-state index contributed by atoms with van der Waals surface area (Å²) in [5.41, 5.74) is 4.26. The summed E-state index contributed by atoms with van der Waals surface area (Å²) >= 11 is 0. The van der Waals surface area contributed by atoms with Crippen molar-refractivity contribution in [3.05, 3.63) is 80.3 Å². The van der Waals surface area contributed by atoms with Gasteiger partial charge in [-0.2, -0.15) is 5.10 Å². The molecule has 0 aliphatic heterocycles. The van der Waals surface area contributed by atoms with Crippen molar-refractivity contribution in [3.63, 3.8) is 0 Å². The predicted octanol–water partition coefficient (Wildman–Crippen LogP) is 2.57. The third kappa shape index (κ3) is 4.92. The van der Waals surface area contributed by atoms with Crippen molar-refractivity contribution in [2.45, 2.75) is 32.7 Å². The number of aromatic nitrogens is 2. The Bertz CT molecular complexity index is 1190. The molecule has 0 saturated carbocycles. The van der Waals surface area contributed by atoms with Crippen LogP contribution in [0.4, 0.5) is 5.69 Å². The number of hydrogen-bond acceptors (Lipinski definition) is 6. The second-order valence-corrected chi connectivity index (χ2v) is 6.84. The van der Waals surface area contributed by atoms with Gasteiger partial charge in [-0.05, 0) is 24.6 Å². The number of carbonyl (C=O) groups is 2. The fourth-order valence-corrected chi connectivity index (χ4v) is 3.05. The van der Waals surface area contributed by atoms with Crippen LogP contribution in [-0.4, -0.2) is 26.5 Å². The molecule has 0 aliphatic carbocycles. The van der Waals surface area contributed by atoms with Gasteiger partial charge in [-0.25, -0.2) is 4.68 Å². The summed E-state index contributed by atoms with van der Waals surface area (Å²) < 4.78 is 1.27.